The molecule has 0 unspecified atom stereocenters. The molecule has 0 aliphatic rings. The first kappa shape index (κ1) is 17.8. The van der Waals surface area contributed by atoms with Gasteiger partial charge in [0.25, 0.3) is 0 Å². The highest BCUT2D eigenvalue weighted by Crippen LogP contribution is 2.12. The quantitative estimate of drug-likeness (QED) is 0.725. The molecule has 0 saturated heterocycles. The van der Waals surface area contributed by atoms with E-state index in [0.717, 1.165) is 5.01 Å². The van der Waals surface area contributed by atoms with E-state index in [2.05, 4.69) is 20.8 Å². The Morgan fingerprint density at radius 3 is 2.47 bits per heavy atom. The molecule has 0 saturated carbocycles. The second-order valence-corrected chi connectivity index (χ2v) is 5.34. The Hall–Kier alpha value is -1.25. The molecule has 9 heteroatoms. The third-order valence-electron chi connectivity index (χ3n) is 2.22. The van der Waals surface area contributed by atoms with Crippen molar-refractivity contribution >= 4 is 40.7 Å². The smallest absolute Gasteiger partial charge is 0.245 e. The van der Waals surface area contributed by atoms with E-state index in [1.165, 1.54) is 11.3 Å². The second kappa shape index (κ2) is 8.03. The number of halogens is 1. The van der Waals surface area contributed by atoms with Crippen LogP contribution in [-0.2, 0) is 9.59 Å². The summed E-state index contributed by atoms with van der Waals surface area (Å²) in [6.07, 6.45) is 0. The van der Waals surface area contributed by atoms with Gasteiger partial charge in [0.2, 0.25) is 16.9 Å². The molecular formula is C10H18ClN5O2S. The highest BCUT2D eigenvalue weighted by atomic mass is 35.5. The van der Waals surface area contributed by atoms with Crippen LogP contribution in [0.4, 0.5) is 5.13 Å². The fraction of sp³-hybridized carbons (Fsp3) is 0.600. The van der Waals surface area contributed by atoms with E-state index in [4.69, 9.17) is 5.73 Å². The van der Waals surface area contributed by atoms with Crippen molar-refractivity contribution in [2.24, 2.45) is 11.7 Å². The molecule has 0 aromatic carbocycles. The van der Waals surface area contributed by atoms with Crippen molar-refractivity contribution in [1.29, 1.82) is 0 Å². The number of nitrogens with one attached hydrogen (secondary N) is 2. The highest BCUT2D eigenvalue weighted by molar-refractivity contribution is 7.15. The van der Waals surface area contributed by atoms with Crippen molar-refractivity contribution in [3.63, 3.8) is 0 Å². The standard InChI is InChI=1S/C10H17N5O2S.ClH/c1-5(2)8(11)9(17)12-4-7(16)13-10-15-14-6(3)18-10;/h5,8H,4,11H2,1-3H3,(H,12,17)(H,13,15,16);1H/t8-;/m0./s1. The molecule has 0 radical (unpaired) electrons. The largest absolute Gasteiger partial charge is 0.346 e. The molecule has 0 fully saturated rings. The van der Waals surface area contributed by atoms with E-state index < -0.39 is 6.04 Å². The SMILES string of the molecule is Cc1nnc(NC(=O)CNC(=O)[C@@H](N)C(C)C)s1.Cl. The van der Waals surface area contributed by atoms with Gasteiger partial charge < -0.3 is 11.1 Å². The number of aromatic nitrogens is 2. The average molecular weight is 308 g/mol. The predicted molar refractivity (Wildman–Crippen MR) is 76.3 cm³/mol. The lowest BCUT2D eigenvalue weighted by molar-refractivity contribution is -0.125. The Bertz CT molecular complexity index is 437. The molecule has 0 aliphatic heterocycles. The number of carbonyl (C=O) groups excluding carboxylic acids is 2. The normalized spacial score (nSPS) is 11.6. The van der Waals surface area contributed by atoms with Crippen molar-refractivity contribution < 1.29 is 9.59 Å². The molecule has 19 heavy (non-hydrogen) atoms. The Balaban J connectivity index is 0.00000324. The molecule has 1 aromatic rings. The van der Waals surface area contributed by atoms with Crippen LogP contribution in [0, 0.1) is 12.8 Å². The zero-order chi connectivity index (χ0) is 13.7. The van der Waals surface area contributed by atoms with Gasteiger partial charge in [-0.2, -0.15) is 0 Å². The number of nitrogens with zero attached hydrogens (tertiary/aromatic N) is 2. The topological polar surface area (TPSA) is 110 Å². The second-order valence-electron chi connectivity index (χ2n) is 4.16. The summed E-state index contributed by atoms with van der Waals surface area (Å²) in [4.78, 5) is 23.0. The first-order valence-corrected chi connectivity index (χ1v) is 6.35. The van der Waals surface area contributed by atoms with Crippen molar-refractivity contribution in [2.75, 3.05) is 11.9 Å². The van der Waals surface area contributed by atoms with E-state index in [9.17, 15) is 9.59 Å². The van der Waals surface area contributed by atoms with Gasteiger partial charge in [0.15, 0.2) is 0 Å². The molecule has 0 bridgehead atoms. The third-order valence-corrected chi connectivity index (χ3v) is 2.97. The monoisotopic (exact) mass is 307 g/mol. The summed E-state index contributed by atoms with van der Waals surface area (Å²) >= 11 is 1.27. The van der Waals surface area contributed by atoms with Crippen molar-refractivity contribution in [3.05, 3.63) is 5.01 Å². The molecule has 0 aliphatic carbocycles. The molecule has 0 spiro atoms. The van der Waals surface area contributed by atoms with Crippen LogP contribution >= 0.6 is 23.7 Å². The number of carbonyl (C=O) groups is 2. The summed E-state index contributed by atoms with van der Waals surface area (Å²) in [5.74, 6) is -0.664. The van der Waals surface area contributed by atoms with Crippen LogP contribution in [0.2, 0.25) is 0 Å². The highest BCUT2D eigenvalue weighted by Gasteiger charge is 2.17. The van der Waals surface area contributed by atoms with Crippen LogP contribution in [0.15, 0.2) is 0 Å². The molecular weight excluding hydrogens is 290 g/mol. The van der Waals surface area contributed by atoms with Crippen LogP contribution in [0.3, 0.4) is 0 Å². The minimum Gasteiger partial charge on any atom is -0.346 e. The fourth-order valence-electron chi connectivity index (χ4n) is 1.10. The van der Waals surface area contributed by atoms with Gasteiger partial charge in [-0.05, 0) is 12.8 Å². The Labute approximate surface area is 121 Å². The van der Waals surface area contributed by atoms with Gasteiger partial charge in [0.1, 0.15) is 5.01 Å². The average Bonchev–Trinajstić information content (AvgIpc) is 2.70. The lowest BCUT2D eigenvalue weighted by Gasteiger charge is -2.14. The first-order valence-electron chi connectivity index (χ1n) is 5.53. The number of hydrogen-bond acceptors (Lipinski definition) is 6. The number of hydrogen-bond donors (Lipinski definition) is 3. The van der Waals surface area contributed by atoms with Gasteiger partial charge in [-0.3, -0.25) is 14.9 Å². The molecule has 1 aromatic heterocycles. The molecule has 4 N–H and O–H groups in total. The van der Waals surface area contributed by atoms with Gasteiger partial charge >= 0.3 is 0 Å². The number of rotatable bonds is 5. The molecule has 7 nitrogen and oxygen atoms in total. The van der Waals surface area contributed by atoms with E-state index in [1.54, 1.807) is 6.92 Å². The van der Waals surface area contributed by atoms with Crippen LogP contribution in [0.5, 0.6) is 0 Å². The zero-order valence-corrected chi connectivity index (χ0v) is 12.6. The Kier molecular flexibility index (Phi) is 7.50. The van der Waals surface area contributed by atoms with Gasteiger partial charge in [0.05, 0.1) is 12.6 Å². The van der Waals surface area contributed by atoms with E-state index in [0.29, 0.717) is 5.13 Å². The molecule has 1 heterocycles. The number of nitrogens with two attached hydrogens (primary N) is 1. The minimum atomic E-state index is -0.610. The summed E-state index contributed by atoms with van der Waals surface area (Å²) in [6, 6.07) is -0.610. The maximum atomic E-state index is 11.5. The maximum absolute atomic E-state index is 11.5. The van der Waals surface area contributed by atoms with E-state index in [1.807, 2.05) is 13.8 Å². The minimum absolute atomic E-state index is 0. The number of amides is 2. The molecule has 1 atom stereocenters. The van der Waals surface area contributed by atoms with Crippen LogP contribution in [0.25, 0.3) is 0 Å². The summed E-state index contributed by atoms with van der Waals surface area (Å²) in [7, 11) is 0. The Morgan fingerprint density at radius 1 is 1.37 bits per heavy atom. The molecule has 2 amide bonds. The van der Waals surface area contributed by atoms with Crippen molar-refractivity contribution in [3.8, 4) is 0 Å². The lowest BCUT2D eigenvalue weighted by atomic mass is 10.1. The summed E-state index contributed by atoms with van der Waals surface area (Å²) in [5, 5.41) is 13.7. The van der Waals surface area contributed by atoms with Crippen LogP contribution in [-0.4, -0.2) is 34.6 Å². The van der Waals surface area contributed by atoms with Gasteiger partial charge in [-0.15, -0.1) is 22.6 Å². The maximum Gasteiger partial charge on any atom is 0.245 e. The van der Waals surface area contributed by atoms with Gasteiger partial charge in [0, 0.05) is 0 Å². The first-order chi connectivity index (χ1) is 8.40. The third kappa shape index (κ3) is 5.95. The van der Waals surface area contributed by atoms with Gasteiger partial charge in [-0.25, -0.2) is 0 Å². The molecule has 1 rings (SSSR count). The van der Waals surface area contributed by atoms with Crippen LogP contribution in [0.1, 0.15) is 18.9 Å². The van der Waals surface area contributed by atoms with Gasteiger partial charge in [-0.1, -0.05) is 25.2 Å². The summed E-state index contributed by atoms with van der Waals surface area (Å²) in [6.45, 7) is 5.34. The van der Waals surface area contributed by atoms with E-state index in [-0.39, 0.29) is 36.7 Å². The van der Waals surface area contributed by atoms with E-state index >= 15 is 0 Å². The number of aryl methyl sites for hydroxylation is 1. The predicted octanol–water partition coefficient (Wildman–Crippen LogP) is 0.306. The van der Waals surface area contributed by atoms with Crippen molar-refractivity contribution in [2.45, 2.75) is 26.8 Å². The fourth-order valence-corrected chi connectivity index (χ4v) is 1.71. The van der Waals surface area contributed by atoms with Crippen molar-refractivity contribution in [1.82, 2.24) is 15.5 Å². The summed E-state index contributed by atoms with van der Waals surface area (Å²) in [5.41, 5.74) is 5.64. The Morgan fingerprint density at radius 2 is 2.00 bits per heavy atom. The summed E-state index contributed by atoms with van der Waals surface area (Å²) < 4.78 is 0. The lowest BCUT2D eigenvalue weighted by Crippen LogP contribution is -2.46. The zero-order valence-electron chi connectivity index (χ0n) is 11.0. The number of anilines is 1. The molecule has 108 valence electrons. The van der Waals surface area contributed by atoms with Crippen LogP contribution < -0.4 is 16.4 Å².